The summed E-state index contributed by atoms with van der Waals surface area (Å²) in [6, 6.07) is -0.513. The van der Waals surface area contributed by atoms with E-state index in [0.29, 0.717) is 65.0 Å². The van der Waals surface area contributed by atoms with Crippen LogP contribution in [0.15, 0.2) is 0 Å². The molecule has 0 aromatic rings. The van der Waals surface area contributed by atoms with Crippen molar-refractivity contribution >= 4 is 17.7 Å². The van der Waals surface area contributed by atoms with Gasteiger partial charge in [-0.25, -0.2) is 0 Å². The molecule has 0 fully saturated rings. The lowest BCUT2D eigenvalue weighted by atomic mass is 10.1. The Morgan fingerprint density at radius 2 is 1.22 bits per heavy atom. The van der Waals surface area contributed by atoms with Crippen molar-refractivity contribution in [3.05, 3.63) is 0 Å². The molecular formula is C28H58N6O3. The third-order valence-electron chi connectivity index (χ3n) is 6.59. The number of hydrogen-bond acceptors (Lipinski definition) is 6. The topological polar surface area (TPSA) is 157 Å². The lowest BCUT2D eigenvalue weighted by molar-refractivity contribution is -0.131. The number of unbranched alkanes of at least 4 members (excludes halogenated alkanes) is 9. The van der Waals surface area contributed by atoms with E-state index in [-0.39, 0.29) is 17.7 Å². The smallest absolute Gasteiger partial charge is 0.236 e. The summed E-state index contributed by atoms with van der Waals surface area (Å²) in [7, 11) is 0. The second kappa shape index (κ2) is 25.9. The van der Waals surface area contributed by atoms with Crippen LogP contribution in [0.1, 0.15) is 116 Å². The first-order chi connectivity index (χ1) is 18.0. The Labute approximate surface area is 226 Å². The maximum atomic E-state index is 12.9. The van der Waals surface area contributed by atoms with Crippen LogP contribution in [0.25, 0.3) is 0 Å². The highest BCUT2D eigenvalue weighted by molar-refractivity contribution is 5.81. The molecular weight excluding hydrogens is 468 g/mol. The molecule has 0 aliphatic rings. The van der Waals surface area contributed by atoms with Crippen LogP contribution in [0, 0.1) is 0 Å². The Hall–Kier alpha value is -1.71. The van der Waals surface area contributed by atoms with Gasteiger partial charge < -0.3 is 32.7 Å². The van der Waals surface area contributed by atoms with Crippen molar-refractivity contribution in [2.24, 2.45) is 17.2 Å². The largest absolute Gasteiger partial charge is 0.356 e. The molecule has 0 radical (unpaired) electrons. The van der Waals surface area contributed by atoms with Crippen LogP contribution >= 0.6 is 0 Å². The SMILES string of the molecule is CCCCCCCCCC(=O)N(CCCNC(=O)CCCCCN)CCCNC(=O)[C@@H](N)CCCCN. The Morgan fingerprint density at radius 1 is 0.676 bits per heavy atom. The standard InChI is InChI=1S/C28H58N6O3/c1-2-3-4-5-6-7-10-18-27(36)34(23-14-21-32-26(35)17-9-8-12-19-29)24-15-22-33-28(37)25(31)16-11-13-20-30/h25H,2-24,29-31H2,1H3,(H,32,35)(H,33,37)/t25-/m0/s1. The fourth-order valence-electron chi connectivity index (χ4n) is 4.20. The fraction of sp³-hybridized carbons (Fsp3) is 0.893. The molecule has 0 heterocycles. The molecule has 0 bridgehead atoms. The molecule has 0 saturated heterocycles. The number of carbonyl (C=O) groups excluding carboxylic acids is 3. The Kier molecular flexibility index (Phi) is 24.7. The summed E-state index contributed by atoms with van der Waals surface area (Å²) < 4.78 is 0. The van der Waals surface area contributed by atoms with E-state index in [1.165, 1.54) is 32.1 Å². The summed E-state index contributed by atoms with van der Waals surface area (Å²) in [6.07, 6.45) is 15.8. The number of nitrogens with two attached hydrogens (primary N) is 3. The third kappa shape index (κ3) is 22.0. The van der Waals surface area contributed by atoms with Crippen molar-refractivity contribution in [3.63, 3.8) is 0 Å². The van der Waals surface area contributed by atoms with Gasteiger partial charge in [0.1, 0.15) is 0 Å². The van der Waals surface area contributed by atoms with Crippen molar-refractivity contribution in [1.82, 2.24) is 15.5 Å². The summed E-state index contributed by atoms with van der Waals surface area (Å²) in [6.45, 7) is 5.73. The minimum Gasteiger partial charge on any atom is -0.356 e. The van der Waals surface area contributed by atoms with E-state index in [4.69, 9.17) is 17.2 Å². The van der Waals surface area contributed by atoms with E-state index in [2.05, 4.69) is 17.6 Å². The Morgan fingerprint density at radius 3 is 1.86 bits per heavy atom. The van der Waals surface area contributed by atoms with E-state index in [0.717, 1.165) is 51.4 Å². The lowest BCUT2D eigenvalue weighted by Crippen LogP contribution is -2.42. The molecule has 9 nitrogen and oxygen atoms in total. The van der Waals surface area contributed by atoms with E-state index in [1.54, 1.807) is 0 Å². The maximum absolute atomic E-state index is 12.9. The summed E-state index contributed by atoms with van der Waals surface area (Å²) in [5.74, 6) is 0.0714. The van der Waals surface area contributed by atoms with Gasteiger partial charge in [-0.05, 0) is 58.0 Å². The third-order valence-corrected chi connectivity index (χ3v) is 6.59. The van der Waals surface area contributed by atoms with Crippen LogP contribution in [0.5, 0.6) is 0 Å². The average Bonchev–Trinajstić information content (AvgIpc) is 2.89. The molecule has 0 unspecified atom stereocenters. The van der Waals surface area contributed by atoms with E-state index in [1.807, 2.05) is 4.90 Å². The highest BCUT2D eigenvalue weighted by atomic mass is 16.2. The van der Waals surface area contributed by atoms with Gasteiger partial charge in [0.25, 0.3) is 0 Å². The normalized spacial score (nSPS) is 11.8. The Balaban J connectivity index is 4.40. The van der Waals surface area contributed by atoms with Crippen LogP contribution in [-0.2, 0) is 14.4 Å². The monoisotopic (exact) mass is 526 g/mol. The van der Waals surface area contributed by atoms with Gasteiger partial charge in [-0.2, -0.15) is 0 Å². The first-order valence-corrected chi connectivity index (χ1v) is 14.9. The molecule has 1 atom stereocenters. The van der Waals surface area contributed by atoms with Crippen molar-refractivity contribution < 1.29 is 14.4 Å². The second-order valence-electron chi connectivity index (χ2n) is 10.1. The lowest BCUT2D eigenvalue weighted by Gasteiger charge is -2.23. The van der Waals surface area contributed by atoms with Crippen LogP contribution in [0.3, 0.4) is 0 Å². The van der Waals surface area contributed by atoms with Gasteiger partial charge in [-0.3, -0.25) is 14.4 Å². The number of hydrogen-bond donors (Lipinski definition) is 5. The molecule has 218 valence electrons. The van der Waals surface area contributed by atoms with Crippen molar-refractivity contribution in [2.75, 3.05) is 39.3 Å². The van der Waals surface area contributed by atoms with Crippen LogP contribution in [0.2, 0.25) is 0 Å². The molecule has 3 amide bonds. The van der Waals surface area contributed by atoms with E-state index < -0.39 is 6.04 Å². The molecule has 0 aliphatic carbocycles. The number of amides is 3. The van der Waals surface area contributed by atoms with Gasteiger partial charge in [0.15, 0.2) is 0 Å². The molecule has 0 rings (SSSR count). The van der Waals surface area contributed by atoms with E-state index in [9.17, 15) is 14.4 Å². The molecule has 9 heteroatoms. The van der Waals surface area contributed by atoms with Crippen molar-refractivity contribution in [2.45, 2.75) is 122 Å². The molecule has 0 aromatic heterocycles. The van der Waals surface area contributed by atoms with Gasteiger partial charge in [-0.1, -0.05) is 58.3 Å². The number of nitrogens with zero attached hydrogens (tertiary/aromatic N) is 1. The first-order valence-electron chi connectivity index (χ1n) is 14.9. The number of nitrogens with one attached hydrogen (secondary N) is 2. The molecule has 0 aliphatic heterocycles. The quantitative estimate of drug-likeness (QED) is 0.109. The first kappa shape index (κ1) is 35.3. The molecule has 37 heavy (non-hydrogen) atoms. The second-order valence-corrected chi connectivity index (χ2v) is 10.1. The van der Waals surface area contributed by atoms with Gasteiger partial charge in [0.05, 0.1) is 6.04 Å². The number of carbonyl (C=O) groups is 3. The van der Waals surface area contributed by atoms with Gasteiger partial charge >= 0.3 is 0 Å². The molecule has 8 N–H and O–H groups in total. The van der Waals surface area contributed by atoms with Crippen LogP contribution in [-0.4, -0.2) is 67.9 Å². The summed E-state index contributed by atoms with van der Waals surface area (Å²) in [4.78, 5) is 39.0. The zero-order valence-corrected chi connectivity index (χ0v) is 23.7. The van der Waals surface area contributed by atoms with Gasteiger partial charge in [0.2, 0.25) is 17.7 Å². The maximum Gasteiger partial charge on any atom is 0.236 e. The summed E-state index contributed by atoms with van der Waals surface area (Å²) in [5.41, 5.74) is 16.9. The average molecular weight is 527 g/mol. The minimum atomic E-state index is -0.513. The highest BCUT2D eigenvalue weighted by Crippen LogP contribution is 2.10. The van der Waals surface area contributed by atoms with Crippen molar-refractivity contribution in [3.8, 4) is 0 Å². The summed E-state index contributed by atoms with van der Waals surface area (Å²) >= 11 is 0. The predicted molar refractivity (Wildman–Crippen MR) is 153 cm³/mol. The van der Waals surface area contributed by atoms with Gasteiger partial charge in [-0.15, -0.1) is 0 Å². The fourth-order valence-corrected chi connectivity index (χ4v) is 4.20. The molecule has 0 aromatic carbocycles. The highest BCUT2D eigenvalue weighted by Gasteiger charge is 2.15. The molecule has 0 spiro atoms. The Bertz CT molecular complexity index is 576. The zero-order chi connectivity index (χ0) is 27.6. The van der Waals surface area contributed by atoms with Crippen LogP contribution < -0.4 is 27.8 Å². The zero-order valence-electron chi connectivity index (χ0n) is 23.7. The summed E-state index contributed by atoms with van der Waals surface area (Å²) in [5, 5.41) is 5.85. The van der Waals surface area contributed by atoms with Crippen LogP contribution in [0.4, 0.5) is 0 Å². The minimum absolute atomic E-state index is 0.0588. The number of rotatable bonds is 26. The van der Waals surface area contributed by atoms with Crippen molar-refractivity contribution in [1.29, 1.82) is 0 Å². The predicted octanol–water partition coefficient (Wildman–Crippen LogP) is 2.94. The molecule has 0 saturated carbocycles. The van der Waals surface area contributed by atoms with Gasteiger partial charge in [0, 0.05) is 39.0 Å². The van der Waals surface area contributed by atoms with E-state index >= 15 is 0 Å².